The van der Waals surface area contributed by atoms with Gasteiger partial charge in [0.15, 0.2) is 0 Å². The van der Waals surface area contributed by atoms with Crippen LogP contribution in [0.1, 0.15) is 190 Å². The maximum atomic E-state index is 12.5. The summed E-state index contributed by atoms with van der Waals surface area (Å²) >= 11 is 0. The Morgan fingerprint density at radius 3 is 2.14 bits per heavy atom. The predicted molar refractivity (Wildman–Crippen MR) is 217 cm³/mol. The van der Waals surface area contributed by atoms with Gasteiger partial charge in [-0.3, -0.25) is 9.59 Å². The summed E-state index contributed by atoms with van der Waals surface area (Å²) < 4.78 is 5.65. The smallest absolute Gasteiger partial charge is 0.305 e. The van der Waals surface area contributed by atoms with Gasteiger partial charge >= 0.3 is 5.97 Å². The minimum absolute atomic E-state index is 0.00671. The van der Waals surface area contributed by atoms with Crippen molar-refractivity contribution in [3.05, 3.63) is 58.2 Å². The van der Waals surface area contributed by atoms with Crippen molar-refractivity contribution in [2.24, 2.45) is 11.3 Å². The molecule has 0 aromatic rings. The molecule has 0 radical (unpaired) electrons. The molecule has 292 valence electrons. The van der Waals surface area contributed by atoms with Crippen LogP contribution in [0, 0.1) is 11.3 Å². The second kappa shape index (κ2) is 26.5. The molecular formula is C46H78O5. The molecule has 51 heavy (non-hydrogen) atoms. The van der Waals surface area contributed by atoms with Crippen LogP contribution in [0.4, 0.5) is 0 Å². The topological polar surface area (TPSA) is 83.8 Å². The standard InChI is InChI=1S/C46H78O5/c1-9-10-11-12-13-14-15-16-17-18-19-20-21-29-44(49)51-35-24-28-42-41(40(6)36-47)32-34-46(8,50)45(42,7)33-23-27-39(5)43(48)31-30-38(4)26-22-25-37(2)3/h12-13,25,27,30,36,42-43,48,50H,9-11,14-24,26,28-29,31-35H2,1-8H3. The first-order valence-corrected chi connectivity index (χ1v) is 20.6. The van der Waals surface area contributed by atoms with Gasteiger partial charge in [-0.15, -0.1) is 0 Å². The Bertz CT molecular complexity index is 1150. The molecule has 0 heterocycles. The summed E-state index contributed by atoms with van der Waals surface area (Å²) in [5.74, 6) is -0.118. The lowest BCUT2D eigenvalue weighted by molar-refractivity contribution is -0.144. The van der Waals surface area contributed by atoms with Crippen LogP contribution < -0.4 is 0 Å². The molecule has 4 unspecified atom stereocenters. The molecule has 0 spiro atoms. The maximum absolute atomic E-state index is 12.5. The summed E-state index contributed by atoms with van der Waals surface area (Å²) in [5.41, 5.74) is 4.08. The van der Waals surface area contributed by atoms with E-state index < -0.39 is 17.1 Å². The van der Waals surface area contributed by atoms with Crippen molar-refractivity contribution in [3.63, 3.8) is 0 Å². The fourth-order valence-corrected chi connectivity index (χ4v) is 7.53. The van der Waals surface area contributed by atoms with Gasteiger partial charge in [-0.1, -0.05) is 106 Å². The van der Waals surface area contributed by atoms with Crippen LogP contribution in [-0.2, 0) is 14.3 Å². The number of aliphatic hydroxyl groups is 2. The highest BCUT2D eigenvalue weighted by atomic mass is 16.5. The summed E-state index contributed by atoms with van der Waals surface area (Å²) in [5, 5.41) is 22.6. The maximum Gasteiger partial charge on any atom is 0.305 e. The number of unbranched alkanes of at least 4 members (excludes halogenated alkanes) is 9. The van der Waals surface area contributed by atoms with Crippen molar-refractivity contribution in [3.8, 4) is 0 Å². The lowest BCUT2D eigenvalue weighted by Crippen LogP contribution is -2.52. The number of hydrogen-bond donors (Lipinski definition) is 2. The number of aliphatic hydroxyl groups excluding tert-OH is 1. The highest BCUT2D eigenvalue weighted by Crippen LogP contribution is 2.55. The molecule has 5 heteroatoms. The van der Waals surface area contributed by atoms with Crippen molar-refractivity contribution in [2.75, 3.05) is 6.61 Å². The Kier molecular flexibility index (Phi) is 24.3. The minimum Gasteiger partial charge on any atom is -0.466 e. The quantitative estimate of drug-likeness (QED) is 0.0291. The van der Waals surface area contributed by atoms with Crippen molar-refractivity contribution in [1.82, 2.24) is 0 Å². The average Bonchev–Trinajstić information content (AvgIpc) is 3.08. The zero-order valence-corrected chi connectivity index (χ0v) is 34.3. The number of rotatable bonds is 27. The Balaban J connectivity index is 2.62. The number of carbonyl (C=O) groups excluding carboxylic acids is 2. The number of hydrogen-bond acceptors (Lipinski definition) is 5. The number of aldehydes is 1. The van der Waals surface area contributed by atoms with Gasteiger partial charge in [0.25, 0.3) is 0 Å². The first-order valence-electron chi connectivity index (χ1n) is 20.6. The van der Waals surface area contributed by atoms with E-state index in [4.69, 9.17) is 4.74 Å². The van der Waals surface area contributed by atoms with E-state index in [0.717, 1.165) is 68.0 Å². The van der Waals surface area contributed by atoms with Crippen molar-refractivity contribution >= 4 is 12.3 Å². The molecular weight excluding hydrogens is 633 g/mol. The normalized spacial score (nSPS) is 23.0. The third kappa shape index (κ3) is 18.9. The predicted octanol–water partition coefficient (Wildman–Crippen LogP) is 12.4. The second-order valence-electron chi connectivity index (χ2n) is 16.2. The van der Waals surface area contributed by atoms with Crippen molar-refractivity contribution < 1.29 is 24.5 Å². The Labute approximate surface area is 314 Å². The van der Waals surface area contributed by atoms with E-state index in [1.807, 2.05) is 20.8 Å². The first kappa shape index (κ1) is 46.8. The number of ether oxygens (including phenoxy) is 1. The number of allylic oxidation sites excluding steroid dienone is 8. The van der Waals surface area contributed by atoms with E-state index in [1.165, 1.54) is 68.9 Å². The zero-order valence-electron chi connectivity index (χ0n) is 34.3. The van der Waals surface area contributed by atoms with E-state index in [1.54, 1.807) is 0 Å². The molecule has 0 aromatic heterocycles. The SMILES string of the molecule is CCCCC=CCCCCCCCCCC(=O)OCCCC1C(=C(C)C=O)CCC(C)(O)C1(C)CCC=C(C)C(O)CC=C(C)CCC=C(C)C. The van der Waals surface area contributed by atoms with Crippen LogP contribution in [0.5, 0.6) is 0 Å². The summed E-state index contributed by atoms with van der Waals surface area (Å²) in [6.45, 7) is 16.9. The second-order valence-corrected chi connectivity index (χ2v) is 16.2. The molecule has 1 aliphatic carbocycles. The van der Waals surface area contributed by atoms with Gasteiger partial charge in [0.2, 0.25) is 0 Å². The summed E-state index contributed by atoms with van der Waals surface area (Å²) in [6.07, 6.45) is 32.0. The van der Waals surface area contributed by atoms with E-state index in [-0.39, 0.29) is 11.9 Å². The molecule has 0 amide bonds. The van der Waals surface area contributed by atoms with E-state index in [0.29, 0.717) is 38.7 Å². The van der Waals surface area contributed by atoms with E-state index >= 15 is 0 Å². The van der Waals surface area contributed by atoms with E-state index in [9.17, 15) is 19.8 Å². The molecule has 1 fully saturated rings. The molecule has 1 rings (SSSR count). The van der Waals surface area contributed by atoms with Crippen LogP contribution in [0.15, 0.2) is 58.2 Å². The third-order valence-electron chi connectivity index (χ3n) is 11.5. The molecule has 0 bridgehead atoms. The van der Waals surface area contributed by atoms with Gasteiger partial charge in [0.05, 0.1) is 18.3 Å². The van der Waals surface area contributed by atoms with Gasteiger partial charge in [-0.05, 0) is 142 Å². The third-order valence-corrected chi connectivity index (χ3v) is 11.5. The lowest BCUT2D eigenvalue weighted by atomic mass is 9.54. The first-order chi connectivity index (χ1) is 24.3. The molecule has 0 saturated heterocycles. The molecule has 5 nitrogen and oxygen atoms in total. The van der Waals surface area contributed by atoms with Crippen molar-refractivity contribution in [2.45, 2.75) is 202 Å². The number of carbonyl (C=O) groups is 2. The molecule has 1 saturated carbocycles. The fraction of sp³-hybridized carbons (Fsp3) is 0.739. The Hall–Kier alpha value is -2.24. The van der Waals surface area contributed by atoms with Crippen LogP contribution in [0.3, 0.4) is 0 Å². The fourth-order valence-electron chi connectivity index (χ4n) is 7.53. The van der Waals surface area contributed by atoms with E-state index in [2.05, 4.69) is 65.0 Å². The minimum atomic E-state index is -0.905. The molecule has 1 aliphatic rings. The van der Waals surface area contributed by atoms with Crippen LogP contribution in [-0.4, -0.2) is 40.8 Å². The monoisotopic (exact) mass is 711 g/mol. The summed E-state index contributed by atoms with van der Waals surface area (Å²) in [4.78, 5) is 24.4. The Morgan fingerprint density at radius 1 is 0.843 bits per heavy atom. The zero-order chi connectivity index (χ0) is 38.1. The largest absolute Gasteiger partial charge is 0.466 e. The van der Waals surface area contributed by atoms with Gasteiger partial charge in [0.1, 0.15) is 6.29 Å². The number of esters is 1. The van der Waals surface area contributed by atoms with Gasteiger partial charge < -0.3 is 14.9 Å². The summed E-state index contributed by atoms with van der Waals surface area (Å²) in [7, 11) is 0. The summed E-state index contributed by atoms with van der Waals surface area (Å²) in [6, 6.07) is 0. The average molecular weight is 711 g/mol. The Morgan fingerprint density at radius 2 is 1.49 bits per heavy atom. The van der Waals surface area contributed by atoms with Crippen LogP contribution in [0.2, 0.25) is 0 Å². The molecule has 2 N–H and O–H groups in total. The van der Waals surface area contributed by atoms with Crippen molar-refractivity contribution in [1.29, 1.82) is 0 Å². The molecule has 0 aliphatic heterocycles. The molecule has 0 aromatic carbocycles. The highest BCUT2D eigenvalue weighted by molar-refractivity contribution is 5.74. The molecule has 4 atom stereocenters. The van der Waals surface area contributed by atoms with Crippen LogP contribution >= 0.6 is 0 Å². The van der Waals surface area contributed by atoms with Gasteiger partial charge in [0, 0.05) is 11.8 Å². The highest BCUT2D eigenvalue weighted by Gasteiger charge is 2.52. The van der Waals surface area contributed by atoms with Gasteiger partial charge in [-0.2, -0.15) is 0 Å². The van der Waals surface area contributed by atoms with Gasteiger partial charge in [-0.25, -0.2) is 0 Å². The lowest BCUT2D eigenvalue weighted by Gasteiger charge is -2.53. The van der Waals surface area contributed by atoms with Crippen LogP contribution in [0.25, 0.3) is 0 Å².